The summed E-state index contributed by atoms with van der Waals surface area (Å²) in [6, 6.07) is 21.7. The Morgan fingerprint density at radius 1 is 0.971 bits per heavy atom. The zero-order valence-corrected chi connectivity index (χ0v) is 20.4. The van der Waals surface area contributed by atoms with Crippen molar-refractivity contribution in [1.29, 1.82) is 0 Å². The maximum absolute atomic E-state index is 13.2. The van der Waals surface area contributed by atoms with Gasteiger partial charge < -0.3 is 14.6 Å². The molecule has 1 aromatic heterocycles. The van der Waals surface area contributed by atoms with Crippen LogP contribution in [0.15, 0.2) is 72.8 Å². The van der Waals surface area contributed by atoms with E-state index < -0.39 is 0 Å². The summed E-state index contributed by atoms with van der Waals surface area (Å²) >= 11 is 1.32. The van der Waals surface area contributed by atoms with E-state index in [1.165, 1.54) is 24.2 Å². The molecule has 0 atom stereocenters. The van der Waals surface area contributed by atoms with Crippen LogP contribution in [0.2, 0.25) is 0 Å². The zero-order valence-electron chi connectivity index (χ0n) is 19.6. The van der Waals surface area contributed by atoms with Crippen molar-refractivity contribution in [2.24, 2.45) is 0 Å². The number of phenolic OH excluding ortho intramolecular Hbond substituents is 1. The number of alkyl halides is 1. The largest absolute Gasteiger partial charge is 0.508 e. The van der Waals surface area contributed by atoms with E-state index in [-0.39, 0.29) is 11.5 Å². The van der Waals surface area contributed by atoms with Gasteiger partial charge in [0.1, 0.15) is 28.7 Å². The van der Waals surface area contributed by atoms with E-state index in [0.29, 0.717) is 35.7 Å². The number of benzene rings is 3. The molecule has 0 spiro atoms. The number of fused-ring (bicyclic) bond motifs is 1. The molecule has 1 saturated heterocycles. The third-order valence-electron chi connectivity index (χ3n) is 5.79. The number of nitrogens with zero attached hydrogens (tertiary/aromatic N) is 1. The minimum Gasteiger partial charge on any atom is -0.508 e. The molecular formula is C28H28FNO4S. The van der Waals surface area contributed by atoms with Crippen LogP contribution in [0, 0.1) is 0 Å². The Bertz CT molecular complexity index is 1250. The molecule has 0 amide bonds. The highest BCUT2D eigenvalue weighted by molar-refractivity contribution is 7.21. The number of aromatic hydroxyl groups is 1. The van der Waals surface area contributed by atoms with Crippen molar-refractivity contribution in [2.75, 3.05) is 33.4 Å². The summed E-state index contributed by atoms with van der Waals surface area (Å²) in [7, 11) is 0.500. The van der Waals surface area contributed by atoms with Crippen LogP contribution in [-0.2, 0) is 0 Å². The standard InChI is InChI=1S/C27H25NO4S.CH3F/c29-20-8-13-23-24(18-20)33-27(25(30)19-6-2-1-3-7-19)26(23)32-22-11-9-21(10-12-22)31-17-16-28-14-4-5-15-28;1-2/h1-3,6-13,18,29H,4-5,14-17H2;1H3. The maximum atomic E-state index is 13.2. The van der Waals surface area contributed by atoms with Gasteiger partial charge in [-0.15, -0.1) is 11.3 Å². The number of hydrogen-bond donors (Lipinski definition) is 1. The van der Waals surface area contributed by atoms with Crippen LogP contribution in [0.1, 0.15) is 28.1 Å². The van der Waals surface area contributed by atoms with Gasteiger partial charge in [0.15, 0.2) is 5.75 Å². The average molecular weight is 494 g/mol. The molecule has 182 valence electrons. The third kappa shape index (κ3) is 5.99. The number of ether oxygens (including phenoxy) is 2. The number of ketones is 1. The summed E-state index contributed by atoms with van der Waals surface area (Å²) in [4.78, 5) is 16.2. The molecule has 3 aromatic carbocycles. The molecular weight excluding hydrogens is 465 g/mol. The molecule has 5 nitrogen and oxygen atoms in total. The average Bonchev–Trinajstić information content (AvgIpc) is 3.54. The number of hydrogen-bond acceptors (Lipinski definition) is 6. The van der Waals surface area contributed by atoms with E-state index in [0.717, 1.165) is 35.5 Å². The first-order valence-corrected chi connectivity index (χ1v) is 12.4. The van der Waals surface area contributed by atoms with E-state index in [4.69, 9.17) is 9.47 Å². The van der Waals surface area contributed by atoms with Crippen molar-refractivity contribution in [3.63, 3.8) is 0 Å². The van der Waals surface area contributed by atoms with Gasteiger partial charge in [-0.25, -0.2) is 0 Å². The van der Waals surface area contributed by atoms with Gasteiger partial charge in [0, 0.05) is 22.2 Å². The summed E-state index contributed by atoms with van der Waals surface area (Å²) < 4.78 is 22.4. The molecule has 1 aliphatic heterocycles. The van der Waals surface area contributed by atoms with Crippen LogP contribution in [0.3, 0.4) is 0 Å². The minimum absolute atomic E-state index is 0.104. The van der Waals surface area contributed by atoms with Crippen LogP contribution in [0.5, 0.6) is 23.0 Å². The van der Waals surface area contributed by atoms with Crippen molar-refractivity contribution in [1.82, 2.24) is 4.90 Å². The molecule has 5 rings (SSSR count). The monoisotopic (exact) mass is 493 g/mol. The number of carbonyl (C=O) groups excluding carboxylic acids is 1. The van der Waals surface area contributed by atoms with Crippen LogP contribution >= 0.6 is 11.3 Å². The van der Waals surface area contributed by atoms with Gasteiger partial charge in [0.25, 0.3) is 0 Å². The Morgan fingerprint density at radius 2 is 1.66 bits per heavy atom. The van der Waals surface area contributed by atoms with Crippen molar-refractivity contribution >= 4 is 27.2 Å². The number of rotatable bonds is 8. The van der Waals surface area contributed by atoms with Gasteiger partial charge in [-0.05, 0) is 68.4 Å². The topological polar surface area (TPSA) is 59.0 Å². The van der Waals surface area contributed by atoms with E-state index in [2.05, 4.69) is 4.90 Å². The van der Waals surface area contributed by atoms with E-state index in [1.807, 2.05) is 42.5 Å². The fraction of sp³-hybridized carbons (Fsp3) is 0.250. The molecule has 1 aliphatic rings. The predicted octanol–water partition coefficient (Wildman–Crippen LogP) is 6.69. The Labute approximate surface area is 208 Å². The summed E-state index contributed by atoms with van der Waals surface area (Å²) in [5.74, 6) is 1.98. The van der Waals surface area contributed by atoms with Gasteiger partial charge in [0.2, 0.25) is 5.78 Å². The highest BCUT2D eigenvalue weighted by atomic mass is 32.1. The van der Waals surface area contributed by atoms with Gasteiger partial charge in [0.05, 0.1) is 7.18 Å². The fourth-order valence-electron chi connectivity index (χ4n) is 4.05. The normalized spacial score (nSPS) is 13.3. The van der Waals surface area contributed by atoms with Gasteiger partial charge in [-0.3, -0.25) is 14.1 Å². The number of thiophene rings is 1. The summed E-state index contributed by atoms with van der Waals surface area (Å²) in [6.45, 7) is 3.92. The maximum Gasteiger partial charge on any atom is 0.206 e. The lowest BCUT2D eigenvalue weighted by Gasteiger charge is -2.15. The third-order valence-corrected chi connectivity index (χ3v) is 6.92. The Kier molecular flexibility index (Phi) is 8.34. The van der Waals surface area contributed by atoms with Gasteiger partial charge in [-0.2, -0.15) is 0 Å². The molecule has 4 aromatic rings. The van der Waals surface area contributed by atoms with Crippen LogP contribution in [0.4, 0.5) is 4.39 Å². The first-order chi connectivity index (χ1) is 17.2. The van der Waals surface area contributed by atoms with Crippen LogP contribution < -0.4 is 9.47 Å². The van der Waals surface area contributed by atoms with Crippen molar-refractivity contribution in [2.45, 2.75) is 12.8 Å². The smallest absolute Gasteiger partial charge is 0.206 e. The van der Waals surface area contributed by atoms with Crippen molar-refractivity contribution in [3.05, 3.63) is 83.2 Å². The van der Waals surface area contributed by atoms with Gasteiger partial charge in [-0.1, -0.05) is 30.3 Å². The second-order valence-corrected chi connectivity index (χ2v) is 9.16. The molecule has 2 heterocycles. The van der Waals surface area contributed by atoms with Crippen molar-refractivity contribution in [3.8, 4) is 23.0 Å². The lowest BCUT2D eigenvalue weighted by atomic mass is 10.1. The van der Waals surface area contributed by atoms with Crippen LogP contribution in [-0.4, -0.2) is 49.2 Å². The highest BCUT2D eigenvalue weighted by Crippen LogP contribution is 2.42. The zero-order chi connectivity index (χ0) is 24.6. The molecule has 0 bridgehead atoms. The second kappa shape index (κ2) is 11.8. The van der Waals surface area contributed by atoms with E-state index in [9.17, 15) is 14.3 Å². The highest BCUT2D eigenvalue weighted by Gasteiger charge is 2.22. The molecule has 0 radical (unpaired) electrons. The Morgan fingerprint density at radius 3 is 2.37 bits per heavy atom. The lowest BCUT2D eigenvalue weighted by Crippen LogP contribution is -2.25. The molecule has 0 aliphatic carbocycles. The first kappa shape index (κ1) is 24.7. The number of carbonyl (C=O) groups is 1. The first-order valence-electron chi connectivity index (χ1n) is 11.5. The summed E-state index contributed by atoms with van der Waals surface area (Å²) in [6.07, 6.45) is 2.55. The van der Waals surface area contributed by atoms with Gasteiger partial charge >= 0.3 is 0 Å². The Balaban J connectivity index is 0.00000141. The Hall–Kier alpha value is -3.42. The predicted molar refractivity (Wildman–Crippen MR) is 138 cm³/mol. The van der Waals surface area contributed by atoms with E-state index >= 15 is 0 Å². The molecule has 35 heavy (non-hydrogen) atoms. The quantitative estimate of drug-likeness (QED) is 0.277. The minimum atomic E-state index is -0.104. The molecule has 1 N–H and O–H groups in total. The van der Waals surface area contributed by atoms with E-state index in [1.54, 1.807) is 30.3 Å². The molecule has 0 saturated carbocycles. The SMILES string of the molecule is CF.O=C(c1ccccc1)c1sc2cc(O)ccc2c1Oc1ccc(OCCN2CCCC2)cc1. The molecule has 0 unspecified atom stereocenters. The summed E-state index contributed by atoms with van der Waals surface area (Å²) in [5.41, 5.74) is 0.597. The second-order valence-electron chi connectivity index (χ2n) is 8.11. The fourth-order valence-corrected chi connectivity index (χ4v) is 5.18. The number of likely N-dealkylation sites (tertiary alicyclic amines) is 1. The lowest BCUT2D eigenvalue weighted by molar-refractivity contribution is 0.104. The van der Waals surface area contributed by atoms with Crippen molar-refractivity contribution < 1.29 is 23.8 Å². The van der Waals surface area contributed by atoms with Crippen LogP contribution in [0.25, 0.3) is 10.1 Å². The number of halogens is 1. The molecule has 1 fully saturated rings. The summed E-state index contributed by atoms with van der Waals surface area (Å²) in [5, 5.41) is 10.7. The number of phenols is 1. The molecule has 7 heteroatoms.